The van der Waals surface area contributed by atoms with Gasteiger partial charge in [0.25, 0.3) is 11.4 Å². The number of nitrogens with one attached hydrogen (secondary N) is 2. The van der Waals surface area contributed by atoms with Crippen molar-refractivity contribution in [2.24, 2.45) is 0 Å². The van der Waals surface area contributed by atoms with Crippen LogP contribution in [-0.2, 0) is 5.41 Å². The standard InChI is InChI=1S/C19H26N6O2/c1-4-7-19(2,3)18-24-23-17(27-18)13-11-21-25-14(10-15(26)22-16(13)25)12-5-8-20-9-6-12/h10-12,20H,4-9H2,1-3H3,(H,22,26). The first kappa shape index (κ1) is 17.9. The van der Waals surface area contributed by atoms with E-state index in [1.807, 2.05) is 4.52 Å². The van der Waals surface area contributed by atoms with Gasteiger partial charge in [-0.05, 0) is 32.4 Å². The molecule has 0 radical (unpaired) electrons. The summed E-state index contributed by atoms with van der Waals surface area (Å²) in [5.41, 5.74) is 1.89. The van der Waals surface area contributed by atoms with Gasteiger partial charge in [-0.25, -0.2) is 4.52 Å². The Balaban J connectivity index is 1.77. The van der Waals surface area contributed by atoms with Crippen LogP contribution in [0.3, 0.4) is 0 Å². The third-order valence-electron chi connectivity index (χ3n) is 5.40. The summed E-state index contributed by atoms with van der Waals surface area (Å²) in [4.78, 5) is 15.2. The Morgan fingerprint density at radius 2 is 2.07 bits per heavy atom. The van der Waals surface area contributed by atoms with Gasteiger partial charge >= 0.3 is 0 Å². The zero-order valence-corrected chi connectivity index (χ0v) is 16.1. The smallest absolute Gasteiger partial charge is 0.253 e. The summed E-state index contributed by atoms with van der Waals surface area (Å²) >= 11 is 0. The van der Waals surface area contributed by atoms with Crippen LogP contribution in [0.2, 0.25) is 0 Å². The van der Waals surface area contributed by atoms with Crippen molar-refractivity contribution in [2.75, 3.05) is 13.1 Å². The number of aromatic amines is 1. The highest BCUT2D eigenvalue weighted by molar-refractivity contribution is 5.70. The number of hydrogen-bond acceptors (Lipinski definition) is 6. The third kappa shape index (κ3) is 3.29. The predicted molar refractivity (Wildman–Crippen MR) is 102 cm³/mol. The maximum atomic E-state index is 12.3. The fourth-order valence-electron chi connectivity index (χ4n) is 3.92. The molecule has 144 valence electrons. The van der Waals surface area contributed by atoms with Crippen LogP contribution in [0.25, 0.3) is 17.1 Å². The third-order valence-corrected chi connectivity index (χ3v) is 5.40. The molecule has 0 saturated carbocycles. The second-order valence-electron chi connectivity index (χ2n) is 7.95. The van der Waals surface area contributed by atoms with Gasteiger partial charge in [-0.3, -0.25) is 4.79 Å². The minimum Gasteiger partial charge on any atom is -0.420 e. The Morgan fingerprint density at radius 1 is 1.30 bits per heavy atom. The molecule has 8 heteroatoms. The summed E-state index contributed by atoms with van der Waals surface area (Å²) < 4.78 is 7.78. The van der Waals surface area contributed by atoms with Gasteiger partial charge in [-0.15, -0.1) is 10.2 Å². The summed E-state index contributed by atoms with van der Waals surface area (Å²) in [6.45, 7) is 8.23. The molecule has 4 heterocycles. The normalized spacial score (nSPS) is 16.3. The molecule has 8 nitrogen and oxygen atoms in total. The van der Waals surface area contributed by atoms with E-state index in [2.05, 4.69) is 46.4 Å². The molecule has 0 spiro atoms. The molecular formula is C19H26N6O2. The fourth-order valence-corrected chi connectivity index (χ4v) is 3.92. The molecule has 4 rings (SSSR count). The van der Waals surface area contributed by atoms with E-state index < -0.39 is 0 Å². The average Bonchev–Trinajstić information content (AvgIpc) is 3.29. The van der Waals surface area contributed by atoms with Crippen molar-refractivity contribution in [1.82, 2.24) is 30.1 Å². The van der Waals surface area contributed by atoms with E-state index in [9.17, 15) is 4.79 Å². The molecule has 0 amide bonds. The molecule has 2 N–H and O–H groups in total. The second-order valence-corrected chi connectivity index (χ2v) is 7.95. The molecule has 1 aliphatic heterocycles. The summed E-state index contributed by atoms with van der Waals surface area (Å²) in [5, 5.41) is 16.4. The Labute approximate surface area is 157 Å². The molecule has 3 aromatic heterocycles. The number of piperidine rings is 1. The Kier molecular flexibility index (Phi) is 4.59. The van der Waals surface area contributed by atoms with Crippen molar-refractivity contribution in [3.05, 3.63) is 34.2 Å². The summed E-state index contributed by atoms with van der Waals surface area (Å²) in [6.07, 6.45) is 5.67. The molecule has 3 aromatic rings. The number of rotatable bonds is 5. The minimum absolute atomic E-state index is 0.135. The highest BCUT2D eigenvalue weighted by atomic mass is 16.4. The van der Waals surface area contributed by atoms with Crippen LogP contribution in [0.4, 0.5) is 0 Å². The van der Waals surface area contributed by atoms with Crippen LogP contribution in [0.15, 0.2) is 21.5 Å². The van der Waals surface area contributed by atoms with E-state index in [-0.39, 0.29) is 11.0 Å². The van der Waals surface area contributed by atoms with Crippen molar-refractivity contribution in [3.63, 3.8) is 0 Å². The second kappa shape index (κ2) is 6.92. The molecule has 1 aliphatic rings. The maximum Gasteiger partial charge on any atom is 0.253 e. The van der Waals surface area contributed by atoms with Crippen molar-refractivity contribution in [1.29, 1.82) is 0 Å². The van der Waals surface area contributed by atoms with Gasteiger partial charge in [0, 0.05) is 17.4 Å². The fraction of sp³-hybridized carbons (Fsp3) is 0.579. The largest absolute Gasteiger partial charge is 0.420 e. The van der Waals surface area contributed by atoms with Gasteiger partial charge in [0.1, 0.15) is 11.2 Å². The summed E-state index contributed by atoms with van der Waals surface area (Å²) in [5.74, 6) is 1.31. The number of nitrogens with zero attached hydrogens (tertiary/aromatic N) is 4. The minimum atomic E-state index is -0.184. The number of hydrogen-bond donors (Lipinski definition) is 2. The molecule has 0 atom stereocenters. The van der Waals surface area contributed by atoms with Crippen molar-refractivity contribution >= 4 is 5.65 Å². The average molecular weight is 370 g/mol. The summed E-state index contributed by atoms with van der Waals surface area (Å²) in [7, 11) is 0. The van der Waals surface area contributed by atoms with E-state index in [1.165, 1.54) is 0 Å². The maximum absolute atomic E-state index is 12.3. The van der Waals surface area contributed by atoms with Crippen molar-refractivity contribution in [2.45, 2.75) is 57.8 Å². The van der Waals surface area contributed by atoms with Gasteiger partial charge < -0.3 is 14.7 Å². The molecule has 0 bridgehead atoms. The van der Waals surface area contributed by atoms with Crippen molar-refractivity contribution < 1.29 is 4.42 Å². The first-order valence-corrected chi connectivity index (χ1v) is 9.65. The van der Waals surface area contributed by atoms with E-state index in [0.29, 0.717) is 28.9 Å². The summed E-state index contributed by atoms with van der Waals surface area (Å²) in [6, 6.07) is 1.66. The molecule has 0 unspecified atom stereocenters. The van der Waals surface area contributed by atoms with Gasteiger partial charge in [-0.2, -0.15) is 5.10 Å². The van der Waals surface area contributed by atoms with Gasteiger partial charge in [0.2, 0.25) is 5.89 Å². The number of aromatic nitrogens is 5. The lowest BCUT2D eigenvalue weighted by molar-refractivity contribution is 0.351. The molecule has 27 heavy (non-hydrogen) atoms. The monoisotopic (exact) mass is 370 g/mol. The SMILES string of the molecule is CCCC(C)(C)c1nnc(-c2cnn3c(C4CCNCC4)cc(=O)[nH]c23)o1. The number of fused-ring (bicyclic) bond motifs is 1. The van der Waals surface area contributed by atoms with Crippen LogP contribution in [0.5, 0.6) is 0 Å². The first-order chi connectivity index (χ1) is 13.0. The van der Waals surface area contributed by atoms with E-state index in [1.54, 1.807) is 12.3 Å². The first-order valence-electron chi connectivity index (χ1n) is 9.65. The van der Waals surface area contributed by atoms with Crippen LogP contribution >= 0.6 is 0 Å². The Hall–Kier alpha value is -2.48. The lowest BCUT2D eigenvalue weighted by Gasteiger charge is -2.23. The lowest BCUT2D eigenvalue weighted by atomic mass is 9.88. The van der Waals surface area contributed by atoms with Gasteiger partial charge in [0.05, 0.1) is 11.9 Å². The van der Waals surface area contributed by atoms with E-state index in [4.69, 9.17) is 4.42 Å². The van der Waals surface area contributed by atoms with Crippen LogP contribution in [0, 0.1) is 0 Å². The van der Waals surface area contributed by atoms with Gasteiger partial charge in [-0.1, -0.05) is 27.2 Å². The molecule has 0 aliphatic carbocycles. The van der Waals surface area contributed by atoms with Crippen LogP contribution in [0.1, 0.15) is 64.0 Å². The Morgan fingerprint density at radius 3 is 2.81 bits per heavy atom. The van der Waals surface area contributed by atoms with Crippen LogP contribution < -0.4 is 10.9 Å². The number of H-pyrrole nitrogens is 1. The molecule has 0 aromatic carbocycles. The van der Waals surface area contributed by atoms with Crippen molar-refractivity contribution in [3.8, 4) is 11.5 Å². The molecule has 1 fully saturated rings. The zero-order valence-electron chi connectivity index (χ0n) is 16.1. The van der Waals surface area contributed by atoms with Crippen LogP contribution in [-0.4, -0.2) is 37.9 Å². The highest BCUT2D eigenvalue weighted by Gasteiger charge is 2.28. The van der Waals surface area contributed by atoms with E-state index in [0.717, 1.165) is 44.5 Å². The van der Waals surface area contributed by atoms with E-state index >= 15 is 0 Å². The Bertz CT molecular complexity index is 993. The zero-order chi connectivity index (χ0) is 19.0. The predicted octanol–water partition coefficient (Wildman–Crippen LogP) is 2.62. The topological polar surface area (TPSA) is 101 Å². The molecular weight excluding hydrogens is 344 g/mol. The molecule has 1 saturated heterocycles. The highest BCUT2D eigenvalue weighted by Crippen LogP contribution is 2.31. The van der Waals surface area contributed by atoms with Gasteiger partial charge in [0.15, 0.2) is 0 Å². The lowest BCUT2D eigenvalue weighted by Crippen LogP contribution is -2.28. The quantitative estimate of drug-likeness (QED) is 0.716.